The van der Waals surface area contributed by atoms with E-state index in [1.807, 2.05) is 0 Å². The van der Waals surface area contributed by atoms with Crippen molar-refractivity contribution in [3.8, 4) is 17.6 Å². The lowest BCUT2D eigenvalue weighted by molar-refractivity contribution is -0.106. The van der Waals surface area contributed by atoms with Crippen LogP contribution in [-0.4, -0.2) is 33.4 Å². The Morgan fingerprint density at radius 1 is 1.19 bits per heavy atom. The highest BCUT2D eigenvalue weighted by Crippen LogP contribution is 2.38. The number of quaternary nitrogens is 1. The van der Waals surface area contributed by atoms with Crippen molar-refractivity contribution in [1.82, 2.24) is 3.89 Å². The van der Waals surface area contributed by atoms with Crippen molar-refractivity contribution in [2.45, 2.75) is 6.18 Å². The molecule has 0 bridgehead atoms. The van der Waals surface area contributed by atoms with Crippen molar-refractivity contribution in [3.05, 3.63) is 77.8 Å². The second kappa shape index (κ2) is 8.74. The Morgan fingerprint density at radius 2 is 1.94 bits per heavy atom. The van der Waals surface area contributed by atoms with Crippen LogP contribution in [-0.2, 0) is 10.0 Å². The van der Waals surface area contributed by atoms with Gasteiger partial charge in [0.05, 0.1) is 11.6 Å². The van der Waals surface area contributed by atoms with Gasteiger partial charge in [-0.2, -0.15) is 30.7 Å². The van der Waals surface area contributed by atoms with E-state index in [9.17, 15) is 26.0 Å². The van der Waals surface area contributed by atoms with Crippen LogP contribution < -0.4 is 14.4 Å². The first-order valence-electron chi connectivity index (χ1n) is 9.23. The quantitative estimate of drug-likeness (QED) is 0.509. The maximum Gasteiger partial charge on any atom is 0.408 e. The molecule has 1 aliphatic heterocycles. The van der Waals surface area contributed by atoms with E-state index in [0.717, 1.165) is 6.07 Å². The summed E-state index contributed by atoms with van der Waals surface area (Å²) in [6.07, 6.45) is -0.805. The predicted molar refractivity (Wildman–Crippen MR) is 110 cm³/mol. The Balaban J connectivity index is 2.09. The Bertz CT molecular complexity index is 1230. The van der Waals surface area contributed by atoms with E-state index in [1.54, 1.807) is 12.1 Å². The number of nitriles is 1. The first-order valence-corrected chi connectivity index (χ1v) is 10.8. The Kier molecular flexibility index (Phi) is 6.41. The molecule has 32 heavy (non-hydrogen) atoms. The number of alkyl halides is 3. The van der Waals surface area contributed by atoms with Gasteiger partial charge in [-0.05, 0) is 30.3 Å². The third kappa shape index (κ3) is 4.83. The summed E-state index contributed by atoms with van der Waals surface area (Å²) < 4.78 is 83.8. The molecule has 0 fully saturated rings. The van der Waals surface area contributed by atoms with Crippen molar-refractivity contribution < 1.29 is 30.7 Å². The maximum absolute atomic E-state index is 14.2. The molecule has 1 unspecified atom stereocenters. The molecule has 11 heteroatoms. The molecule has 168 valence electrons. The van der Waals surface area contributed by atoms with Crippen LogP contribution in [0.1, 0.15) is 5.56 Å². The van der Waals surface area contributed by atoms with Gasteiger partial charge in [0, 0.05) is 24.3 Å². The van der Waals surface area contributed by atoms with Gasteiger partial charge in [0.25, 0.3) is 0 Å². The first kappa shape index (κ1) is 23.5. The standard InChI is InChI=1S/C21H18F4N3O3S/c22-19-9-15(11-26)6-7-20(19)31-18-5-1-4-17(10-18)28(8-2-3-16(12-27)13-28)32(29,30)14-21(23,24)25/h1-7,9-10,13H,8,12,14,27H2/q+1. The van der Waals surface area contributed by atoms with Gasteiger partial charge in [-0.25, -0.2) is 4.39 Å². The van der Waals surface area contributed by atoms with Gasteiger partial charge in [-0.15, -0.1) is 0 Å². The van der Waals surface area contributed by atoms with Crippen molar-refractivity contribution in [2.24, 2.45) is 5.73 Å². The van der Waals surface area contributed by atoms with Crippen molar-refractivity contribution in [3.63, 3.8) is 0 Å². The predicted octanol–water partition coefficient (Wildman–Crippen LogP) is 4.10. The Labute approximate surface area is 182 Å². The van der Waals surface area contributed by atoms with Crippen LogP contribution in [0.5, 0.6) is 11.5 Å². The topological polar surface area (TPSA) is 93.2 Å². The fraction of sp³-hybridized carbons (Fsp3) is 0.190. The number of halogens is 4. The van der Waals surface area contributed by atoms with Crippen LogP contribution in [0, 0.1) is 17.1 Å². The van der Waals surface area contributed by atoms with Crippen molar-refractivity contribution >= 4 is 15.7 Å². The number of nitrogens with zero attached hydrogens (tertiary/aromatic N) is 2. The number of nitrogens with two attached hydrogens (primary N) is 1. The van der Waals surface area contributed by atoms with Crippen LogP contribution in [0.4, 0.5) is 23.2 Å². The average Bonchev–Trinajstić information content (AvgIpc) is 2.73. The summed E-state index contributed by atoms with van der Waals surface area (Å²) >= 11 is 0. The second-order valence-corrected chi connectivity index (χ2v) is 9.09. The van der Waals surface area contributed by atoms with Crippen LogP contribution in [0.3, 0.4) is 0 Å². The Morgan fingerprint density at radius 3 is 2.56 bits per heavy atom. The molecule has 0 aliphatic carbocycles. The third-order valence-corrected chi connectivity index (χ3v) is 6.85. The summed E-state index contributed by atoms with van der Waals surface area (Å²) in [6.45, 7) is -0.374. The van der Waals surface area contributed by atoms with Crippen LogP contribution in [0.2, 0.25) is 0 Å². The monoisotopic (exact) mass is 468 g/mol. The van der Waals surface area contributed by atoms with Gasteiger partial charge in [0.1, 0.15) is 18.5 Å². The molecule has 3 rings (SSSR count). The number of sulfonamides is 1. The zero-order valence-electron chi connectivity index (χ0n) is 16.5. The average molecular weight is 468 g/mol. The summed E-state index contributed by atoms with van der Waals surface area (Å²) in [5.41, 5.74) is 5.99. The van der Waals surface area contributed by atoms with E-state index in [1.165, 1.54) is 48.7 Å². The minimum atomic E-state index is -4.96. The fourth-order valence-electron chi connectivity index (χ4n) is 3.26. The molecule has 2 aromatic carbocycles. The summed E-state index contributed by atoms with van der Waals surface area (Å²) in [5, 5.41) is 8.83. The lowest BCUT2D eigenvalue weighted by atomic mass is 10.2. The van der Waals surface area contributed by atoms with Crippen molar-refractivity contribution in [2.75, 3.05) is 18.8 Å². The number of rotatable bonds is 6. The van der Waals surface area contributed by atoms with Gasteiger partial charge in [0.2, 0.25) is 0 Å². The second-order valence-electron chi connectivity index (χ2n) is 6.99. The lowest BCUT2D eigenvalue weighted by Gasteiger charge is -2.34. The van der Waals surface area contributed by atoms with Gasteiger partial charge in [-0.3, -0.25) is 0 Å². The fourth-order valence-corrected chi connectivity index (χ4v) is 4.95. The summed E-state index contributed by atoms with van der Waals surface area (Å²) in [6, 6.07) is 10.7. The molecule has 0 amide bonds. The molecule has 1 heterocycles. The zero-order valence-corrected chi connectivity index (χ0v) is 17.3. The highest BCUT2D eigenvalue weighted by molar-refractivity contribution is 7.91. The first-order chi connectivity index (χ1) is 15.0. The Hall–Kier alpha value is -3.20. The van der Waals surface area contributed by atoms with Crippen molar-refractivity contribution in [1.29, 1.82) is 5.26 Å². The number of benzene rings is 2. The molecule has 0 saturated carbocycles. The van der Waals surface area contributed by atoms with E-state index in [2.05, 4.69) is 0 Å². The van der Waals surface area contributed by atoms with Crippen LogP contribution in [0.15, 0.2) is 66.4 Å². The minimum absolute atomic E-state index is 0.00284. The van der Waals surface area contributed by atoms with E-state index >= 15 is 0 Å². The van der Waals surface area contributed by atoms with Gasteiger partial charge >= 0.3 is 16.2 Å². The summed E-state index contributed by atoms with van der Waals surface area (Å²) in [7, 11) is -4.84. The summed E-state index contributed by atoms with van der Waals surface area (Å²) in [4.78, 5) is 0. The molecule has 2 aromatic rings. The molecule has 1 atom stereocenters. The highest BCUT2D eigenvalue weighted by atomic mass is 32.2. The number of hydrogen-bond acceptors (Lipinski definition) is 5. The zero-order chi connectivity index (χ0) is 23.6. The smallest absolute Gasteiger partial charge is 0.408 e. The molecule has 1 aliphatic rings. The molecule has 0 aromatic heterocycles. The lowest BCUT2D eigenvalue weighted by Crippen LogP contribution is -2.54. The normalized spacial score (nSPS) is 18.7. The number of hydrogen-bond donors (Lipinski definition) is 1. The molecular formula is C21H18F4N3O3S+. The highest BCUT2D eigenvalue weighted by Gasteiger charge is 2.50. The van der Waals surface area contributed by atoms with Crippen LogP contribution >= 0.6 is 0 Å². The third-order valence-electron chi connectivity index (χ3n) is 4.70. The van der Waals surface area contributed by atoms with E-state index < -0.39 is 31.7 Å². The molecule has 2 N–H and O–H groups in total. The molecule has 6 nitrogen and oxygen atoms in total. The van der Waals surface area contributed by atoms with E-state index in [0.29, 0.717) is 5.57 Å². The molecule has 0 radical (unpaired) electrons. The molecule has 0 spiro atoms. The van der Waals surface area contributed by atoms with Gasteiger partial charge in [0.15, 0.2) is 23.0 Å². The summed E-state index contributed by atoms with van der Waals surface area (Å²) in [5.74, 6) is -3.10. The maximum atomic E-state index is 14.2. The van der Waals surface area contributed by atoms with Gasteiger partial charge < -0.3 is 10.5 Å². The molecule has 0 saturated heterocycles. The van der Waals surface area contributed by atoms with Gasteiger partial charge in [-0.1, -0.05) is 12.1 Å². The minimum Gasteiger partial charge on any atom is -0.454 e. The SMILES string of the molecule is N#Cc1ccc(Oc2cccc([N+]3(S(=O)(=O)CC(F)(F)F)C=C(CN)C=CC3)c2)c(F)c1. The van der Waals surface area contributed by atoms with E-state index in [-0.39, 0.29) is 35.8 Å². The van der Waals surface area contributed by atoms with Crippen LogP contribution in [0.25, 0.3) is 0 Å². The number of ether oxygens (including phenoxy) is 1. The van der Waals surface area contributed by atoms with E-state index in [4.69, 9.17) is 15.7 Å². The largest absolute Gasteiger partial charge is 0.454 e. The molecular weight excluding hydrogens is 450 g/mol.